The Labute approximate surface area is 84.0 Å². The van der Waals surface area contributed by atoms with Gasteiger partial charge >= 0.3 is 22.5 Å². The van der Waals surface area contributed by atoms with Gasteiger partial charge in [-0.2, -0.15) is 8.42 Å². The number of cyclic esters (lactones) is 1. The largest absolute Gasteiger partial charge is 0.462 e. The Balaban J connectivity index is 2.53. The molecule has 0 radical (unpaired) electrons. The molecule has 1 aliphatic heterocycles. The molecule has 0 bridgehead atoms. The van der Waals surface area contributed by atoms with Crippen molar-refractivity contribution < 1.29 is 31.4 Å². The zero-order valence-electron chi connectivity index (χ0n) is 7.25. The van der Waals surface area contributed by atoms with Crippen LogP contribution >= 0.6 is 0 Å². The zero-order chi connectivity index (χ0) is 11.6. The van der Waals surface area contributed by atoms with E-state index in [1.165, 1.54) is 0 Å². The van der Waals surface area contributed by atoms with Gasteiger partial charge in [-0.3, -0.25) is 4.79 Å². The van der Waals surface area contributed by atoms with Gasteiger partial charge in [-0.05, 0) is 0 Å². The maximum atomic E-state index is 12.2. The molecule has 15 heavy (non-hydrogen) atoms. The molecule has 8 nitrogen and oxygen atoms in total. The Hall–Kier alpha value is -1.42. The summed E-state index contributed by atoms with van der Waals surface area (Å²) >= 11 is 0. The van der Waals surface area contributed by atoms with Crippen molar-refractivity contribution in [2.75, 3.05) is 6.61 Å². The molecule has 0 aromatic heterocycles. The summed E-state index contributed by atoms with van der Waals surface area (Å²) < 4.78 is 40.5. The molecule has 0 aromatic carbocycles. The molecule has 10 heteroatoms. The van der Waals surface area contributed by atoms with Crippen molar-refractivity contribution in [2.45, 2.75) is 12.5 Å². The van der Waals surface area contributed by atoms with Gasteiger partial charge in [-0.1, -0.05) is 3.89 Å². The fourth-order valence-electron chi connectivity index (χ4n) is 0.849. The van der Waals surface area contributed by atoms with E-state index in [-0.39, 0.29) is 13.0 Å². The first-order valence-corrected chi connectivity index (χ1v) is 5.00. The third-order valence-corrected chi connectivity index (χ3v) is 2.13. The van der Waals surface area contributed by atoms with Gasteiger partial charge in [-0.15, -0.1) is 4.41 Å². The molecule has 86 valence electrons. The average Bonchev–Trinajstić information content (AvgIpc) is 2.48. The van der Waals surface area contributed by atoms with E-state index >= 15 is 0 Å². The number of carbonyl (C=O) groups is 2. The van der Waals surface area contributed by atoms with Gasteiger partial charge in [0.15, 0.2) is 0 Å². The third-order valence-electron chi connectivity index (χ3n) is 1.51. The number of nitrogens with two attached hydrogens (primary N) is 1. The van der Waals surface area contributed by atoms with E-state index in [1.54, 1.807) is 0 Å². The van der Waals surface area contributed by atoms with E-state index in [2.05, 4.69) is 15.3 Å². The number of carbonyl (C=O) groups excluding carboxylic acids is 2. The standard InChI is InChI=1S/C5H7FN2O6S/c6-15(11,12)8(7)5(10)14-3-1-4(9)13-2-3/h3H,1-2,7H2. The van der Waals surface area contributed by atoms with Crippen LogP contribution in [0, 0.1) is 0 Å². The molecule has 1 fully saturated rings. The summed E-state index contributed by atoms with van der Waals surface area (Å²) in [4.78, 5) is 21.4. The highest BCUT2D eigenvalue weighted by Crippen LogP contribution is 2.11. The molecule has 1 rings (SSSR count). The lowest BCUT2D eigenvalue weighted by Crippen LogP contribution is -2.42. The first-order valence-electron chi connectivity index (χ1n) is 3.66. The van der Waals surface area contributed by atoms with Crippen molar-refractivity contribution >= 4 is 22.5 Å². The predicted molar refractivity (Wildman–Crippen MR) is 41.9 cm³/mol. The summed E-state index contributed by atoms with van der Waals surface area (Å²) in [5.74, 6) is 3.98. The second-order valence-electron chi connectivity index (χ2n) is 2.63. The van der Waals surface area contributed by atoms with E-state index in [0.29, 0.717) is 0 Å². The molecule has 0 aliphatic carbocycles. The van der Waals surface area contributed by atoms with Crippen molar-refractivity contribution in [1.82, 2.24) is 4.41 Å². The van der Waals surface area contributed by atoms with Gasteiger partial charge in [0.2, 0.25) is 0 Å². The molecule has 1 heterocycles. The maximum Gasteiger partial charge on any atom is 0.441 e. The van der Waals surface area contributed by atoms with Crippen LogP contribution in [0.25, 0.3) is 0 Å². The van der Waals surface area contributed by atoms with E-state index in [0.717, 1.165) is 0 Å². The molecule has 2 N–H and O–H groups in total. The Bertz CT molecular complexity index is 381. The number of ether oxygens (including phenoxy) is 2. The van der Waals surface area contributed by atoms with Crippen molar-refractivity contribution in [1.29, 1.82) is 0 Å². The minimum Gasteiger partial charge on any atom is -0.462 e. The first-order chi connectivity index (χ1) is 6.80. The van der Waals surface area contributed by atoms with E-state index in [1.807, 2.05) is 0 Å². The van der Waals surface area contributed by atoms with Gasteiger partial charge in [0.25, 0.3) is 0 Å². The highest BCUT2D eigenvalue weighted by Gasteiger charge is 2.32. The number of hydrogen-bond acceptors (Lipinski definition) is 7. The molecule has 0 aromatic rings. The highest BCUT2D eigenvalue weighted by atomic mass is 32.3. The fourth-order valence-corrected chi connectivity index (χ4v) is 1.07. The molecule has 1 saturated heterocycles. The smallest absolute Gasteiger partial charge is 0.441 e. The van der Waals surface area contributed by atoms with Gasteiger partial charge in [0.05, 0.1) is 6.42 Å². The van der Waals surface area contributed by atoms with Crippen molar-refractivity contribution in [2.24, 2.45) is 5.84 Å². The lowest BCUT2D eigenvalue weighted by Gasteiger charge is -2.13. The number of amides is 1. The van der Waals surface area contributed by atoms with Crippen LogP contribution < -0.4 is 5.84 Å². The molecule has 1 aliphatic rings. The second-order valence-corrected chi connectivity index (χ2v) is 3.85. The number of rotatable bonds is 2. The van der Waals surface area contributed by atoms with Crippen LogP contribution in [-0.2, 0) is 24.7 Å². The summed E-state index contributed by atoms with van der Waals surface area (Å²) in [5.41, 5.74) is 0. The van der Waals surface area contributed by atoms with Crippen LogP contribution in [0.4, 0.5) is 8.68 Å². The number of nitrogens with zero attached hydrogens (tertiary/aromatic N) is 1. The first kappa shape index (κ1) is 11.7. The average molecular weight is 242 g/mol. The van der Waals surface area contributed by atoms with E-state index in [9.17, 15) is 21.9 Å². The molecular weight excluding hydrogens is 235 g/mol. The quantitative estimate of drug-likeness (QED) is 0.213. The van der Waals surface area contributed by atoms with E-state index < -0.39 is 33.0 Å². The maximum absolute atomic E-state index is 12.2. The van der Waals surface area contributed by atoms with Crippen LogP contribution in [0.2, 0.25) is 0 Å². The Morgan fingerprint density at radius 1 is 1.67 bits per heavy atom. The number of hydrazine groups is 1. The topological polar surface area (TPSA) is 116 Å². The minimum atomic E-state index is -5.35. The highest BCUT2D eigenvalue weighted by molar-refractivity contribution is 7.84. The predicted octanol–water partition coefficient (Wildman–Crippen LogP) is -1.17. The number of esters is 1. The molecule has 0 saturated carbocycles. The van der Waals surface area contributed by atoms with Crippen LogP contribution in [-0.4, -0.2) is 37.6 Å². The summed E-state index contributed by atoms with van der Waals surface area (Å²) in [6.07, 6.45) is -2.77. The molecule has 0 spiro atoms. The van der Waals surface area contributed by atoms with Crippen LogP contribution in [0.5, 0.6) is 0 Å². The molecule has 1 atom stereocenters. The SMILES string of the molecule is NN(C(=O)OC1COC(=O)C1)S(=O)(=O)F. The monoisotopic (exact) mass is 242 g/mol. The van der Waals surface area contributed by atoms with Crippen LogP contribution in [0.1, 0.15) is 6.42 Å². The van der Waals surface area contributed by atoms with Crippen molar-refractivity contribution in [3.8, 4) is 0 Å². The molecule has 1 amide bonds. The summed E-state index contributed by atoms with van der Waals surface area (Å²) in [6.45, 7) is -0.204. The van der Waals surface area contributed by atoms with Gasteiger partial charge in [0, 0.05) is 0 Å². The summed E-state index contributed by atoms with van der Waals surface area (Å²) in [6, 6.07) is 0. The Kier molecular flexibility index (Phi) is 3.09. The molecule has 1 unspecified atom stereocenters. The fraction of sp³-hybridized carbons (Fsp3) is 0.600. The Morgan fingerprint density at radius 3 is 2.67 bits per heavy atom. The normalized spacial score (nSPS) is 20.9. The van der Waals surface area contributed by atoms with Crippen LogP contribution in [0.15, 0.2) is 0 Å². The summed E-state index contributed by atoms with van der Waals surface area (Å²) in [5, 5.41) is 0. The van der Waals surface area contributed by atoms with Gasteiger partial charge in [0.1, 0.15) is 12.7 Å². The van der Waals surface area contributed by atoms with Gasteiger partial charge < -0.3 is 9.47 Å². The number of hydrogen-bond donors (Lipinski definition) is 1. The molecular formula is C5H7FN2O6S. The van der Waals surface area contributed by atoms with Crippen molar-refractivity contribution in [3.63, 3.8) is 0 Å². The lowest BCUT2D eigenvalue weighted by molar-refractivity contribution is -0.137. The number of halogens is 1. The Morgan fingerprint density at radius 2 is 2.27 bits per heavy atom. The lowest BCUT2D eigenvalue weighted by atomic mass is 10.3. The minimum absolute atomic E-state index is 0.204. The van der Waals surface area contributed by atoms with Crippen molar-refractivity contribution in [3.05, 3.63) is 0 Å². The summed E-state index contributed by atoms with van der Waals surface area (Å²) in [7, 11) is -5.35. The second kappa shape index (κ2) is 3.98. The third kappa shape index (κ3) is 3.02. The van der Waals surface area contributed by atoms with Gasteiger partial charge in [-0.25, -0.2) is 10.6 Å². The zero-order valence-corrected chi connectivity index (χ0v) is 8.07. The van der Waals surface area contributed by atoms with Crippen LogP contribution in [0.3, 0.4) is 0 Å². The van der Waals surface area contributed by atoms with E-state index in [4.69, 9.17) is 0 Å².